The van der Waals surface area contributed by atoms with Crippen molar-refractivity contribution in [3.8, 4) is 0 Å². The molecule has 2 aromatic heterocycles. The summed E-state index contributed by atoms with van der Waals surface area (Å²) in [6.07, 6.45) is 7.29. The highest BCUT2D eigenvalue weighted by molar-refractivity contribution is 6.06. The van der Waals surface area contributed by atoms with Gasteiger partial charge >= 0.3 is 5.97 Å². The lowest BCUT2D eigenvalue weighted by Gasteiger charge is -2.08. The molecule has 1 aliphatic rings. The van der Waals surface area contributed by atoms with Crippen LogP contribution in [-0.4, -0.2) is 25.8 Å². The third-order valence-corrected chi connectivity index (χ3v) is 4.22. The van der Waals surface area contributed by atoms with E-state index < -0.39 is 5.97 Å². The molecule has 0 fully saturated rings. The minimum Gasteiger partial charge on any atom is -0.478 e. The van der Waals surface area contributed by atoms with Crippen LogP contribution in [0.1, 0.15) is 33.6 Å². The fraction of sp³-hybridized carbons (Fsp3) is 0.167. The number of pyridine rings is 1. The highest BCUT2D eigenvalue weighted by atomic mass is 16.4. The zero-order valence-corrected chi connectivity index (χ0v) is 12.7. The van der Waals surface area contributed by atoms with E-state index in [-0.39, 0.29) is 0 Å². The summed E-state index contributed by atoms with van der Waals surface area (Å²) in [5.74, 6) is -0.887. The maximum absolute atomic E-state index is 11.8. The van der Waals surface area contributed by atoms with Crippen LogP contribution in [0, 0.1) is 0 Å². The molecule has 0 atom stereocenters. The number of fused-ring (bicyclic) bond motifs is 2. The van der Waals surface area contributed by atoms with Crippen molar-refractivity contribution in [2.24, 2.45) is 7.05 Å². The van der Waals surface area contributed by atoms with Gasteiger partial charge in [-0.15, -0.1) is 0 Å². The van der Waals surface area contributed by atoms with Crippen LogP contribution in [0.3, 0.4) is 0 Å². The molecule has 5 nitrogen and oxygen atoms in total. The molecule has 1 aliphatic carbocycles. The summed E-state index contributed by atoms with van der Waals surface area (Å²) < 4.78 is 1.75. The summed E-state index contributed by atoms with van der Waals surface area (Å²) in [5, 5.41) is 14.5. The second kappa shape index (κ2) is 5.05. The standard InChI is InChI=1S/C18H15N3O2/c1-21-10-11(9-19-21)8-12-6-7-14-16(18(22)23)13-4-2-3-5-15(13)20-17(12)14/h2-5,8-10H,6-7H2,1H3,(H,22,23). The zero-order valence-electron chi connectivity index (χ0n) is 12.7. The SMILES string of the molecule is Cn1cc(C=C2CCc3c2nc2ccccc2c3C(=O)O)cn1. The van der Waals surface area contributed by atoms with Crippen LogP contribution >= 0.6 is 0 Å². The largest absolute Gasteiger partial charge is 0.478 e. The molecular formula is C18H15N3O2. The molecule has 0 saturated carbocycles. The van der Waals surface area contributed by atoms with Crippen molar-refractivity contribution in [1.29, 1.82) is 0 Å². The molecule has 0 radical (unpaired) electrons. The van der Waals surface area contributed by atoms with Gasteiger partial charge in [0.2, 0.25) is 0 Å². The molecule has 23 heavy (non-hydrogen) atoms. The minimum absolute atomic E-state index is 0.389. The van der Waals surface area contributed by atoms with Crippen molar-refractivity contribution in [3.05, 3.63) is 59.0 Å². The van der Waals surface area contributed by atoms with E-state index in [9.17, 15) is 9.90 Å². The first kappa shape index (κ1) is 13.7. The van der Waals surface area contributed by atoms with Crippen molar-refractivity contribution in [3.63, 3.8) is 0 Å². The van der Waals surface area contributed by atoms with Gasteiger partial charge in [0.1, 0.15) is 0 Å². The predicted octanol–water partition coefficient (Wildman–Crippen LogP) is 3.15. The molecular weight excluding hydrogens is 290 g/mol. The summed E-state index contributed by atoms with van der Waals surface area (Å²) in [4.78, 5) is 16.5. The van der Waals surface area contributed by atoms with Gasteiger partial charge in [-0.2, -0.15) is 5.10 Å². The van der Waals surface area contributed by atoms with Crippen molar-refractivity contribution >= 4 is 28.5 Å². The fourth-order valence-corrected chi connectivity index (χ4v) is 3.24. The first-order chi connectivity index (χ1) is 11.1. The number of allylic oxidation sites excluding steroid dienone is 1. The molecule has 0 aliphatic heterocycles. The van der Waals surface area contributed by atoms with Gasteiger partial charge in [-0.25, -0.2) is 9.78 Å². The molecule has 0 amide bonds. The van der Waals surface area contributed by atoms with Crippen LogP contribution in [0.5, 0.6) is 0 Å². The number of carboxylic acid groups (broad SMARTS) is 1. The van der Waals surface area contributed by atoms with E-state index in [0.29, 0.717) is 17.4 Å². The Labute approximate surface area is 132 Å². The first-order valence-corrected chi connectivity index (χ1v) is 7.48. The summed E-state index contributed by atoms with van der Waals surface area (Å²) >= 11 is 0. The van der Waals surface area contributed by atoms with Crippen molar-refractivity contribution in [2.75, 3.05) is 0 Å². The van der Waals surface area contributed by atoms with E-state index in [1.807, 2.05) is 43.6 Å². The van der Waals surface area contributed by atoms with Gasteiger partial charge in [-0.3, -0.25) is 4.68 Å². The van der Waals surface area contributed by atoms with Crippen LogP contribution in [0.25, 0.3) is 22.6 Å². The normalized spacial score (nSPS) is 15.3. The van der Waals surface area contributed by atoms with Crippen LogP contribution in [0.4, 0.5) is 0 Å². The van der Waals surface area contributed by atoms with Crippen LogP contribution < -0.4 is 0 Å². The first-order valence-electron chi connectivity index (χ1n) is 7.48. The number of aryl methyl sites for hydroxylation is 1. The number of hydrogen-bond acceptors (Lipinski definition) is 3. The Morgan fingerprint density at radius 3 is 2.87 bits per heavy atom. The Hall–Kier alpha value is -2.95. The number of nitrogens with zero attached hydrogens (tertiary/aromatic N) is 3. The lowest BCUT2D eigenvalue weighted by atomic mass is 10.0. The third-order valence-electron chi connectivity index (χ3n) is 4.22. The quantitative estimate of drug-likeness (QED) is 0.789. The average Bonchev–Trinajstić information content (AvgIpc) is 3.11. The van der Waals surface area contributed by atoms with Gasteiger partial charge in [0.25, 0.3) is 0 Å². The van der Waals surface area contributed by atoms with E-state index in [0.717, 1.165) is 34.3 Å². The molecule has 2 heterocycles. The Bertz CT molecular complexity index is 970. The summed E-state index contributed by atoms with van der Waals surface area (Å²) in [7, 11) is 1.87. The number of hydrogen-bond donors (Lipinski definition) is 1. The monoisotopic (exact) mass is 305 g/mol. The number of para-hydroxylation sites is 1. The smallest absolute Gasteiger partial charge is 0.336 e. The van der Waals surface area contributed by atoms with Gasteiger partial charge in [-0.05, 0) is 36.1 Å². The summed E-state index contributed by atoms with van der Waals surface area (Å²) in [6, 6.07) is 7.42. The van der Waals surface area contributed by atoms with E-state index in [1.54, 1.807) is 10.9 Å². The van der Waals surface area contributed by atoms with Gasteiger partial charge in [0.15, 0.2) is 0 Å². The molecule has 4 rings (SSSR count). The number of aromatic carboxylic acids is 1. The summed E-state index contributed by atoms with van der Waals surface area (Å²) in [5.41, 5.74) is 4.84. The van der Waals surface area contributed by atoms with E-state index >= 15 is 0 Å². The maximum Gasteiger partial charge on any atom is 0.336 e. The van der Waals surface area contributed by atoms with E-state index in [1.165, 1.54) is 0 Å². The third kappa shape index (κ3) is 2.21. The van der Waals surface area contributed by atoms with E-state index in [4.69, 9.17) is 4.98 Å². The molecule has 1 N–H and O–H groups in total. The molecule has 114 valence electrons. The highest BCUT2D eigenvalue weighted by Crippen LogP contribution is 2.37. The van der Waals surface area contributed by atoms with E-state index in [2.05, 4.69) is 5.10 Å². The molecule has 0 saturated heterocycles. The van der Waals surface area contributed by atoms with Gasteiger partial charge < -0.3 is 5.11 Å². The number of rotatable bonds is 2. The molecule has 5 heteroatoms. The topological polar surface area (TPSA) is 68.0 Å². The maximum atomic E-state index is 11.8. The molecule has 1 aromatic carbocycles. The molecule has 0 unspecified atom stereocenters. The van der Waals surface area contributed by atoms with Crippen LogP contribution in [0.2, 0.25) is 0 Å². The van der Waals surface area contributed by atoms with Gasteiger partial charge in [0.05, 0.1) is 23.0 Å². The lowest BCUT2D eigenvalue weighted by molar-refractivity contribution is 0.0698. The average molecular weight is 305 g/mol. The fourth-order valence-electron chi connectivity index (χ4n) is 3.24. The van der Waals surface area contributed by atoms with Crippen LogP contribution in [-0.2, 0) is 13.5 Å². The van der Waals surface area contributed by atoms with Crippen molar-refractivity contribution in [1.82, 2.24) is 14.8 Å². The van der Waals surface area contributed by atoms with Crippen molar-refractivity contribution < 1.29 is 9.90 Å². The zero-order chi connectivity index (χ0) is 16.0. The van der Waals surface area contributed by atoms with Crippen molar-refractivity contribution in [2.45, 2.75) is 12.8 Å². The molecule has 0 spiro atoms. The van der Waals surface area contributed by atoms with Gasteiger partial charge in [0, 0.05) is 24.2 Å². The Morgan fingerprint density at radius 2 is 2.13 bits per heavy atom. The number of benzene rings is 1. The Morgan fingerprint density at radius 1 is 1.30 bits per heavy atom. The highest BCUT2D eigenvalue weighted by Gasteiger charge is 2.26. The van der Waals surface area contributed by atoms with Crippen LogP contribution in [0.15, 0.2) is 36.7 Å². The predicted molar refractivity (Wildman–Crippen MR) is 88.1 cm³/mol. The molecule has 0 bridgehead atoms. The summed E-state index contributed by atoms with van der Waals surface area (Å²) in [6.45, 7) is 0. The Balaban J connectivity index is 1.95. The number of aromatic nitrogens is 3. The Kier molecular flexibility index (Phi) is 3.01. The number of carboxylic acids is 1. The second-order valence-electron chi connectivity index (χ2n) is 5.75. The second-order valence-corrected chi connectivity index (χ2v) is 5.75. The van der Waals surface area contributed by atoms with Gasteiger partial charge in [-0.1, -0.05) is 18.2 Å². The lowest BCUT2D eigenvalue weighted by Crippen LogP contribution is -2.05. The minimum atomic E-state index is -0.887. The molecule has 3 aromatic rings. The number of carbonyl (C=O) groups is 1.